The Balaban J connectivity index is 2.89. The SMILES string of the molecule is CCC(N)(CC)Cc1cccc([N+](=O)[O-])c1. The fourth-order valence-corrected chi connectivity index (χ4v) is 1.69. The van der Waals surface area contributed by atoms with Gasteiger partial charge in [0.05, 0.1) is 4.92 Å². The minimum Gasteiger partial charge on any atom is -0.325 e. The highest BCUT2D eigenvalue weighted by atomic mass is 16.6. The lowest BCUT2D eigenvalue weighted by Crippen LogP contribution is -2.40. The van der Waals surface area contributed by atoms with Crippen LogP contribution < -0.4 is 5.73 Å². The van der Waals surface area contributed by atoms with E-state index in [1.165, 1.54) is 6.07 Å². The summed E-state index contributed by atoms with van der Waals surface area (Å²) in [7, 11) is 0. The van der Waals surface area contributed by atoms with Crippen LogP contribution in [0.25, 0.3) is 0 Å². The lowest BCUT2D eigenvalue weighted by molar-refractivity contribution is -0.384. The van der Waals surface area contributed by atoms with Gasteiger partial charge in [-0.25, -0.2) is 0 Å². The number of rotatable bonds is 5. The predicted molar refractivity (Wildman–Crippen MR) is 64.3 cm³/mol. The Morgan fingerprint density at radius 2 is 2.00 bits per heavy atom. The van der Waals surface area contributed by atoms with Crippen molar-refractivity contribution in [3.8, 4) is 0 Å². The number of nitrogens with zero attached hydrogens (tertiary/aromatic N) is 1. The number of hydrogen-bond donors (Lipinski definition) is 1. The van der Waals surface area contributed by atoms with Gasteiger partial charge < -0.3 is 5.73 Å². The second-order valence-electron chi connectivity index (χ2n) is 4.17. The summed E-state index contributed by atoms with van der Waals surface area (Å²) in [4.78, 5) is 10.3. The minimum atomic E-state index is -0.375. The Bertz CT molecular complexity index is 373. The van der Waals surface area contributed by atoms with E-state index in [2.05, 4.69) is 0 Å². The van der Waals surface area contributed by atoms with E-state index < -0.39 is 0 Å². The zero-order chi connectivity index (χ0) is 12.2. The first-order valence-electron chi connectivity index (χ1n) is 5.53. The molecule has 4 heteroatoms. The van der Waals surface area contributed by atoms with Gasteiger partial charge in [-0.2, -0.15) is 0 Å². The van der Waals surface area contributed by atoms with Crippen molar-refractivity contribution in [1.29, 1.82) is 0 Å². The van der Waals surface area contributed by atoms with Gasteiger partial charge in [-0.1, -0.05) is 26.0 Å². The zero-order valence-electron chi connectivity index (χ0n) is 9.77. The highest BCUT2D eigenvalue weighted by Crippen LogP contribution is 2.21. The lowest BCUT2D eigenvalue weighted by Gasteiger charge is -2.26. The molecule has 0 aliphatic carbocycles. The van der Waals surface area contributed by atoms with Gasteiger partial charge in [-0.15, -0.1) is 0 Å². The molecule has 2 N–H and O–H groups in total. The third-order valence-electron chi connectivity index (χ3n) is 3.09. The number of nitrogens with two attached hydrogens (primary N) is 1. The van der Waals surface area contributed by atoms with Gasteiger partial charge in [0.2, 0.25) is 0 Å². The van der Waals surface area contributed by atoms with E-state index in [0.717, 1.165) is 18.4 Å². The van der Waals surface area contributed by atoms with Crippen molar-refractivity contribution in [2.75, 3.05) is 0 Å². The minimum absolute atomic E-state index is 0.132. The van der Waals surface area contributed by atoms with E-state index in [9.17, 15) is 10.1 Å². The summed E-state index contributed by atoms with van der Waals surface area (Å²) in [6.45, 7) is 4.09. The van der Waals surface area contributed by atoms with Crippen LogP contribution in [0.3, 0.4) is 0 Å². The Labute approximate surface area is 95.6 Å². The molecule has 88 valence electrons. The monoisotopic (exact) mass is 222 g/mol. The summed E-state index contributed by atoms with van der Waals surface area (Å²) >= 11 is 0. The van der Waals surface area contributed by atoms with Crippen molar-refractivity contribution in [3.05, 3.63) is 39.9 Å². The zero-order valence-corrected chi connectivity index (χ0v) is 9.77. The maximum atomic E-state index is 10.6. The van der Waals surface area contributed by atoms with Crippen LogP contribution in [-0.4, -0.2) is 10.5 Å². The van der Waals surface area contributed by atoms with Crippen LogP contribution in [0, 0.1) is 10.1 Å². The highest BCUT2D eigenvalue weighted by Gasteiger charge is 2.21. The fraction of sp³-hybridized carbons (Fsp3) is 0.500. The largest absolute Gasteiger partial charge is 0.325 e. The van der Waals surface area contributed by atoms with Gasteiger partial charge in [0.15, 0.2) is 0 Å². The van der Waals surface area contributed by atoms with E-state index >= 15 is 0 Å². The number of nitro groups is 1. The molecule has 1 rings (SSSR count). The van der Waals surface area contributed by atoms with Gasteiger partial charge in [0.1, 0.15) is 0 Å². The van der Waals surface area contributed by atoms with Crippen LogP contribution in [0.5, 0.6) is 0 Å². The highest BCUT2D eigenvalue weighted by molar-refractivity contribution is 5.35. The second-order valence-corrected chi connectivity index (χ2v) is 4.17. The molecule has 0 unspecified atom stereocenters. The van der Waals surface area contributed by atoms with Gasteiger partial charge in [0.25, 0.3) is 5.69 Å². The normalized spacial score (nSPS) is 11.4. The van der Waals surface area contributed by atoms with E-state index in [0.29, 0.717) is 6.42 Å². The van der Waals surface area contributed by atoms with Crippen LogP contribution in [0.2, 0.25) is 0 Å². The van der Waals surface area contributed by atoms with Crippen molar-refractivity contribution in [3.63, 3.8) is 0 Å². The van der Waals surface area contributed by atoms with Gasteiger partial charge in [0, 0.05) is 17.7 Å². The van der Waals surface area contributed by atoms with E-state index in [-0.39, 0.29) is 16.1 Å². The quantitative estimate of drug-likeness (QED) is 0.615. The van der Waals surface area contributed by atoms with Crippen molar-refractivity contribution in [1.82, 2.24) is 0 Å². The summed E-state index contributed by atoms with van der Waals surface area (Å²) < 4.78 is 0. The number of hydrogen-bond acceptors (Lipinski definition) is 3. The molecule has 0 spiro atoms. The average molecular weight is 222 g/mol. The smallest absolute Gasteiger partial charge is 0.269 e. The molecule has 0 aromatic heterocycles. The van der Waals surface area contributed by atoms with Crippen LogP contribution in [0.1, 0.15) is 32.3 Å². The van der Waals surface area contributed by atoms with Gasteiger partial charge >= 0.3 is 0 Å². The van der Waals surface area contributed by atoms with Crippen molar-refractivity contribution >= 4 is 5.69 Å². The molecule has 0 saturated carbocycles. The summed E-state index contributed by atoms with van der Waals surface area (Å²) in [6.07, 6.45) is 2.42. The van der Waals surface area contributed by atoms with Crippen LogP contribution in [-0.2, 0) is 6.42 Å². The first kappa shape index (κ1) is 12.6. The molecule has 0 radical (unpaired) electrons. The molecular formula is C12H18N2O2. The Hall–Kier alpha value is -1.42. The molecular weight excluding hydrogens is 204 g/mol. The lowest BCUT2D eigenvalue weighted by atomic mass is 9.87. The predicted octanol–water partition coefficient (Wildman–Crippen LogP) is 2.65. The first-order chi connectivity index (χ1) is 7.50. The Kier molecular flexibility index (Phi) is 4.01. The summed E-state index contributed by atoms with van der Waals surface area (Å²) in [6, 6.07) is 6.70. The average Bonchev–Trinajstić information content (AvgIpc) is 2.29. The summed E-state index contributed by atoms with van der Waals surface area (Å²) in [5.41, 5.74) is 6.99. The number of non-ortho nitro benzene ring substituents is 1. The van der Waals surface area contributed by atoms with Gasteiger partial charge in [-0.05, 0) is 24.8 Å². The fourth-order valence-electron chi connectivity index (χ4n) is 1.69. The van der Waals surface area contributed by atoms with Gasteiger partial charge in [-0.3, -0.25) is 10.1 Å². The van der Waals surface area contributed by atoms with Crippen molar-refractivity contribution in [2.24, 2.45) is 5.73 Å². The second kappa shape index (κ2) is 5.07. The number of benzene rings is 1. The van der Waals surface area contributed by atoms with Crippen molar-refractivity contribution in [2.45, 2.75) is 38.6 Å². The van der Waals surface area contributed by atoms with Crippen molar-refractivity contribution < 1.29 is 4.92 Å². The summed E-state index contributed by atoms with van der Waals surface area (Å²) in [5.74, 6) is 0. The van der Waals surface area contributed by atoms with E-state index in [1.54, 1.807) is 12.1 Å². The third-order valence-corrected chi connectivity index (χ3v) is 3.09. The standard InChI is InChI=1S/C12H18N2O2/c1-3-12(13,4-2)9-10-6-5-7-11(8-10)14(15)16/h5-8H,3-4,9,13H2,1-2H3. The van der Waals surface area contributed by atoms with Crippen LogP contribution >= 0.6 is 0 Å². The molecule has 0 fully saturated rings. The maximum absolute atomic E-state index is 10.6. The Morgan fingerprint density at radius 3 is 2.50 bits per heavy atom. The molecule has 0 bridgehead atoms. The molecule has 1 aromatic carbocycles. The van der Waals surface area contributed by atoms with Crippen LogP contribution in [0.15, 0.2) is 24.3 Å². The molecule has 0 amide bonds. The summed E-state index contributed by atoms with van der Waals surface area (Å²) in [5, 5.41) is 10.6. The van der Waals surface area contributed by atoms with E-state index in [1.807, 2.05) is 19.9 Å². The first-order valence-corrected chi connectivity index (χ1v) is 5.53. The topological polar surface area (TPSA) is 69.2 Å². The Morgan fingerprint density at radius 1 is 1.38 bits per heavy atom. The molecule has 0 heterocycles. The molecule has 4 nitrogen and oxygen atoms in total. The molecule has 0 saturated heterocycles. The molecule has 1 aromatic rings. The molecule has 16 heavy (non-hydrogen) atoms. The van der Waals surface area contributed by atoms with Crippen LogP contribution in [0.4, 0.5) is 5.69 Å². The molecule has 0 atom stereocenters. The molecule has 0 aliphatic rings. The van der Waals surface area contributed by atoms with E-state index in [4.69, 9.17) is 5.73 Å². The maximum Gasteiger partial charge on any atom is 0.269 e. The third kappa shape index (κ3) is 3.03. The molecule has 0 aliphatic heterocycles. The number of nitro benzene ring substituents is 1.